The molecule has 0 radical (unpaired) electrons. The van der Waals surface area contributed by atoms with Gasteiger partial charge in [0.25, 0.3) is 0 Å². The Balaban J connectivity index is 1.70. The summed E-state index contributed by atoms with van der Waals surface area (Å²) in [6, 6.07) is 8.82. The first-order chi connectivity index (χ1) is 13.7. The molecule has 28 heavy (non-hydrogen) atoms. The Kier molecular flexibility index (Phi) is 10.7. The zero-order valence-corrected chi connectivity index (χ0v) is 17.6. The topological polar surface area (TPSA) is 67.4 Å². The first kappa shape index (κ1) is 22.5. The molecule has 0 bridgehead atoms. The van der Waals surface area contributed by atoms with Crippen molar-refractivity contribution in [2.24, 2.45) is 4.99 Å². The van der Waals surface area contributed by atoms with Gasteiger partial charge in [-0.3, -0.25) is 9.89 Å². The maximum absolute atomic E-state index is 5.97. The summed E-state index contributed by atoms with van der Waals surface area (Å²) >= 11 is 0. The minimum Gasteiger partial charge on any atom is -0.492 e. The second-order valence-electron chi connectivity index (χ2n) is 7.02. The van der Waals surface area contributed by atoms with Gasteiger partial charge in [0.05, 0.1) is 0 Å². The summed E-state index contributed by atoms with van der Waals surface area (Å²) in [5.74, 6) is 1.70. The number of guanidine groups is 1. The smallest absolute Gasteiger partial charge is 0.191 e. The van der Waals surface area contributed by atoms with Gasteiger partial charge in [-0.05, 0) is 44.0 Å². The highest BCUT2D eigenvalue weighted by Crippen LogP contribution is 2.15. The monoisotopic (exact) mass is 392 g/mol. The van der Waals surface area contributed by atoms with Gasteiger partial charge in [-0.25, -0.2) is 0 Å². The predicted molar refractivity (Wildman–Crippen MR) is 113 cm³/mol. The predicted octanol–water partition coefficient (Wildman–Crippen LogP) is 1.88. The summed E-state index contributed by atoms with van der Waals surface area (Å²) in [6.45, 7) is 5.62. The normalized spacial score (nSPS) is 15.6. The Morgan fingerprint density at radius 2 is 2.07 bits per heavy atom. The van der Waals surface area contributed by atoms with Gasteiger partial charge in [-0.1, -0.05) is 12.1 Å². The number of nitrogens with one attached hydrogen (secondary N) is 2. The highest BCUT2D eigenvalue weighted by atomic mass is 16.5. The lowest BCUT2D eigenvalue weighted by Crippen LogP contribution is -2.38. The number of hydrogen-bond donors (Lipinski definition) is 2. The molecular weight excluding hydrogens is 356 g/mol. The van der Waals surface area contributed by atoms with Gasteiger partial charge in [0.1, 0.15) is 12.4 Å². The van der Waals surface area contributed by atoms with E-state index < -0.39 is 0 Å². The van der Waals surface area contributed by atoms with Crippen LogP contribution in [0.5, 0.6) is 5.75 Å². The van der Waals surface area contributed by atoms with E-state index in [1.807, 2.05) is 12.1 Å². The maximum atomic E-state index is 5.97. The van der Waals surface area contributed by atoms with Crippen molar-refractivity contribution in [2.45, 2.75) is 31.8 Å². The second-order valence-corrected chi connectivity index (χ2v) is 7.02. The highest BCUT2D eigenvalue weighted by molar-refractivity contribution is 5.79. The third kappa shape index (κ3) is 8.46. The lowest BCUT2D eigenvalue weighted by Gasteiger charge is -2.31. The molecule has 0 unspecified atom stereocenters. The van der Waals surface area contributed by atoms with Crippen molar-refractivity contribution in [3.05, 3.63) is 29.8 Å². The van der Waals surface area contributed by atoms with Gasteiger partial charge in [0.15, 0.2) is 5.96 Å². The van der Waals surface area contributed by atoms with E-state index in [0.717, 1.165) is 69.4 Å². The molecular formula is C21H36N4O3. The number of ether oxygens (including phenoxy) is 3. The molecule has 1 aromatic carbocycles. The van der Waals surface area contributed by atoms with Crippen LogP contribution in [0, 0.1) is 0 Å². The summed E-state index contributed by atoms with van der Waals surface area (Å²) < 4.78 is 16.5. The minimum absolute atomic E-state index is 0.607. The molecule has 7 heteroatoms. The van der Waals surface area contributed by atoms with Crippen LogP contribution in [-0.4, -0.2) is 77.6 Å². The van der Waals surface area contributed by atoms with E-state index in [1.165, 1.54) is 0 Å². The summed E-state index contributed by atoms with van der Waals surface area (Å²) in [7, 11) is 5.66. The van der Waals surface area contributed by atoms with Crippen molar-refractivity contribution in [1.29, 1.82) is 0 Å². The van der Waals surface area contributed by atoms with Crippen LogP contribution in [0.3, 0.4) is 0 Å². The minimum atomic E-state index is 0.607. The number of benzene rings is 1. The standard InChI is InChI=1S/C21H36N4O3/c1-22-21(23-10-5-12-26-3)24-17-18-6-4-7-20(16-18)28-15-11-25(2)19-8-13-27-14-9-19/h4,6-7,16,19H,5,8-15,17H2,1-3H3,(H2,22,23,24). The van der Waals surface area contributed by atoms with Crippen LogP contribution < -0.4 is 15.4 Å². The van der Waals surface area contributed by atoms with E-state index in [0.29, 0.717) is 19.2 Å². The number of methoxy groups -OCH3 is 1. The van der Waals surface area contributed by atoms with E-state index in [2.05, 4.69) is 39.7 Å². The average molecular weight is 393 g/mol. The molecule has 0 saturated carbocycles. The third-order valence-corrected chi connectivity index (χ3v) is 4.93. The molecule has 1 saturated heterocycles. The number of hydrogen-bond acceptors (Lipinski definition) is 5. The van der Waals surface area contributed by atoms with E-state index in [-0.39, 0.29) is 0 Å². The van der Waals surface area contributed by atoms with Crippen LogP contribution in [0.25, 0.3) is 0 Å². The Hall–Kier alpha value is -1.83. The average Bonchev–Trinajstić information content (AvgIpc) is 2.74. The molecule has 1 aliphatic rings. The molecule has 2 rings (SSSR count). The molecule has 2 N–H and O–H groups in total. The molecule has 0 spiro atoms. The second kappa shape index (κ2) is 13.4. The van der Waals surface area contributed by atoms with Crippen LogP contribution in [-0.2, 0) is 16.0 Å². The van der Waals surface area contributed by atoms with Crippen molar-refractivity contribution in [3.8, 4) is 5.75 Å². The summed E-state index contributed by atoms with van der Waals surface area (Å²) in [6.07, 6.45) is 3.17. The molecule has 7 nitrogen and oxygen atoms in total. The Bertz CT molecular complexity index is 577. The number of rotatable bonds is 11. The number of aliphatic imine (C=N–C) groups is 1. The van der Waals surface area contributed by atoms with Crippen molar-refractivity contribution in [3.63, 3.8) is 0 Å². The zero-order valence-electron chi connectivity index (χ0n) is 17.6. The van der Waals surface area contributed by atoms with Crippen molar-refractivity contribution in [1.82, 2.24) is 15.5 Å². The number of likely N-dealkylation sites (N-methyl/N-ethyl adjacent to an activating group) is 1. The highest BCUT2D eigenvalue weighted by Gasteiger charge is 2.17. The Morgan fingerprint density at radius 1 is 1.25 bits per heavy atom. The van der Waals surface area contributed by atoms with Crippen molar-refractivity contribution in [2.75, 3.05) is 60.7 Å². The van der Waals surface area contributed by atoms with E-state index in [9.17, 15) is 0 Å². The largest absolute Gasteiger partial charge is 0.492 e. The fraction of sp³-hybridized carbons (Fsp3) is 0.667. The van der Waals surface area contributed by atoms with Crippen LogP contribution in [0.4, 0.5) is 0 Å². The molecule has 1 heterocycles. The summed E-state index contributed by atoms with van der Waals surface area (Å²) in [5, 5.41) is 6.61. The zero-order chi connectivity index (χ0) is 20.0. The lowest BCUT2D eigenvalue weighted by molar-refractivity contribution is 0.0392. The van der Waals surface area contributed by atoms with Crippen LogP contribution >= 0.6 is 0 Å². The lowest BCUT2D eigenvalue weighted by atomic mass is 10.1. The van der Waals surface area contributed by atoms with Gasteiger partial charge in [0.2, 0.25) is 0 Å². The van der Waals surface area contributed by atoms with E-state index >= 15 is 0 Å². The number of nitrogens with zero attached hydrogens (tertiary/aromatic N) is 2. The molecule has 1 fully saturated rings. The fourth-order valence-electron chi connectivity index (χ4n) is 3.19. The summed E-state index contributed by atoms with van der Waals surface area (Å²) in [5.41, 5.74) is 1.16. The molecule has 0 amide bonds. The molecule has 158 valence electrons. The van der Waals surface area contributed by atoms with Crippen molar-refractivity contribution < 1.29 is 14.2 Å². The van der Waals surface area contributed by atoms with Crippen LogP contribution in [0.15, 0.2) is 29.3 Å². The maximum Gasteiger partial charge on any atom is 0.191 e. The van der Waals surface area contributed by atoms with E-state index in [1.54, 1.807) is 14.2 Å². The first-order valence-electron chi connectivity index (χ1n) is 10.2. The third-order valence-electron chi connectivity index (χ3n) is 4.93. The van der Waals surface area contributed by atoms with Gasteiger partial charge < -0.3 is 24.8 Å². The molecule has 0 aromatic heterocycles. The summed E-state index contributed by atoms with van der Waals surface area (Å²) in [4.78, 5) is 6.63. The van der Waals surface area contributed by atoms with Gasteiger partial charge in [-0.15, -0.1) is 0 Å². The van der Waals surface area contributed by atoms with Gasteiger partial charge >= 0.3 is 0 Å². The fourth-order valence-corrected chi connectivity index (χ4v) is 3.19. The molecule has 1 aliphatic heterocycles. The van der Waals surface area contributed by atoms with Crippen LogP contribution in [0.1, 0.15) is 24.8 Å². The molecule has 0 aliphatic carbocycles. The first-order valence-corrected chi connectivity index (χ1v) is 10.2. The van der Waals surface area contributed by atoms with Crippen LogP contribution in [0.2, 0.25) is 0 Å². The van der Waals surface area contributed by atoms with Gasteiger partial charge in [0, 0.05) is 59.7 Å². The van der Waals surface area contributed by atoms with Gasteiger partial charge in [-0.2, -0.15) is 0 Å². The van der Waals surface area contributed by atoms with Crippen molar-refractivity contribution >= 4 is 5.96 Å². The Labute approximate surface area is 169 Å². The molecule has 1 aromatic rings. The quantitative estimate of drug-likeness (QED) is 0.341. The van der Waals surface area contributed by atoms with E-state index in [4.69, 9.17) is 14.2 Å². The molecule has 0 atom stereocenters. The Morgan fingerprint density at radius 3 is 2.82 bits per heavy atom. The SMILES string of the molecule is CN=C(NCCCOC)NCc1cccc(OCCN(C)C2CCOCC2)c1.